The molecule has 0 aliphatic heterocycles. The Balaban J connectivity index is 2.28. The van der Waals surface area contributed by atoms with Crippen molar-refractivity contribution in [2.45, 2.75) is 12.7 Å². The highest BCUT2D eigenvalue weighted by molar-refractivity contribution is 7.98. The SMILES string of the molecule is CCSCc1noc(-c2cccc(OC)c2O)n1. The minimum Gasteiger partial charge on any atom is -0.504 e. The zero-order chi connectivity index (χ0) is 13.0. The summed E-state index contributed by atoms with van der Waals surface area (Å²) in [7, 11) is 1.50. The van der Waals surface area contributed by atoms with E-state index in [0.29, 0.717) is 28.8 Å². The van der Waals surface area contributed by atoms with Gasteiger partial charge in [0.05, 0.1) is 18.4 Å². The van der Waals surface area contributed by atoms with Gasteiger partial charge >= 0.3 is 0 Å². The van der Waals surface area contributed by atoms with Crippen molar-refractivity contribution in [1.29, 1.82) is 0 Å². The van der Waals surface area contributed by atoms with Gasteiger partial charge in [-0.1, -0.05) is 18.1 Å². The van der Waals surface area contributed by atoms with E-state index in [-0.39, 0.29) is 5.75 Å². The molecule has 0 aliphatic rings. The van der Waals surface area contributed by atoms with Crippen LogP contribution >= 0.6 is 11.8 Å². The average Bonchev–Trinajstić information content (AvgIpc) is 2.85. The molecule has 0 unspecified atom stereocenters. The van der Waals surface area contributed by atoms with Gasteiger partial charge in [0.2, 0.25) is 0 Å². The van der Waals surface area contributed by atoms with Gasteiger partial charge in [0.25, 0.3) is 5.89 Å². The van der Waals surface area contributed by atoms with Crippen molar-refractivity contribution in [3.63, 3.8) is 0 Å². The predicted molar refractivity (Wildman–Crippen MR) is 69.8 cm³/mol. The van der Waals surface area contributed by atoms with E-state index in [1.165, 1.54) is 7.11 Å². The molecule has 1 heterocycles. The fraction of sp³-hybridized carbons (Fsp3) is 0.333. The summed E-state index contributed by atoms with van der Waals surface area (Å²) in [5.41, 5.74) is 0.481. The number of hydrogen-bond acceptors (Lipinski definition) is 6. The zero-order valence-corrected chi connectivity index (χ0v) is 11.0. The first kappa shape index (κ1) is 12.8. The number of ether oxygens (including phenoxy) is 1. The number of hydrogen-bond donors (Lipinski definition) is 1. The van der Waals surface area contributed by atoms with Gasteiger partial charge in [0.1, 0.15) is 0 Å². The van der Waals surface area contributed by atoms with E-state index in [0.717, 1.165) is 5.75 Å². The second-order valence-corrected chi connectivity index (χ2v) is 4.78. The molecule has 0 spiro atoms. The summed E-state index contributed by atoms with van der Waals surface area (Å²) >= 11 is 1.71. The van der Waals surface area contributed by atoms with Gasteiger partial charge in [0.15, 0.2) is 17.3 Å². The Labute approximate surface area is 109 Å². The largest absolute Gasteiger partial charge is 0.504 e. The standard InChI is InChI=1S/C12H14N2O3S/c1-3-18-7-10-13-12(17-14-10)8-5-4-6-9(16-2)11(8)15/h4-6,15H,3,7H2,1-2H3. The molecular weight excluding hydrogens is 252 g/mol. The van der Waals surface area contributed by atoms with Crippen LogP contribution in [0.15, 0.2) is 22.7 Å². The van der Waals surface area contributed by atoms with Crippen LogP contribution in [0.2, 0.25) is 0 Å². The first-order valence-electron chi connectivity index (χ1n) is 5.53. The van der Waals surface area contributed by atoms with Crippen LogP contribution in [0.4, 0.5) is 0 Å². The summed E-state index contributed by atoms with van der Waals surface area (Å²) in [6.07, 6.45) is 0. The number of phenols is 1. The van der Waals surface area contributed by atoms with Crippen LogP contribution < -0.4 is 4.74 Å². The normalized spacial score (nSPS) is 10.6. The molecule has 18 heavy (non-hydrogen) atoms. The monoisotopic (exact) mass is 266 g/mol. The molecule has 1 aromatic carbocycles. The average molecular weight is 266 g/mol. The zero-order valence-electron chi connectivity index (χ0n) is 10.2. The first-order chi connectivity index (χ1) is 8.76. The van der Waals surface area contributed by atoms with Gasteiger partial charge < -0.3 is 14.4 Å². The van der Waals surface area contributed by atoms with Gasteiger partial charge in [-0.3, -0.25) is 0 Å². The molecule has 1 aromatic heterocycles. The predicted octanol–water partition coefficient (Wildman–Crippen LogP) is 2.70. The molecule has 1 N–H and O–H groups in total. The third-order valence-electron chi connectivity index (χ3n) is 2.35. The highest BCUT2D eigenvalue weighted by Gasteiger charge is 2.15. The lowest BCUT2D eigenvalue weighted by Crippen LogP contribution is -1.87. The van der Waals surface area contributed by atoms with Gasteiger partial charge in [-0.15, -0.1) is 0 Å². The van der Waals surface area contributed by atoms with Crippen LogP contribution in [0.25, 0.3) is 11.5 Å². The van der Waals surface area contributed by atoms with Crippen molar-refractivity contribution in [2.24, 2.45) is 0 Å². The Morgan fingerprint density at radius 2 is 2.28 bits per heavy atom. The highest BCUT2D eigenvalue weighted by Crippen LogP contribution is 2.35. The topological polar surface area (TPSA) is 68.4 Å². The number of aromatic hydroxyl groups is 1. The Kier molecular flexibility index (Phi) is 4.09. The van der Waals surface area contributed by atoms with Gasteiger partial charge in [0, 0.05) is 0 Å². The number of thioether (sulfide) groups is 1. The van der Waals surface area contributed by atoms with Crippen molar-refractivity contribution < 1.29 is 14.4 Å². The lowest BCUT2D eigenvalue weighted by molar-refractivity contribution is 0.371. The molecule has 0 aliphatic carbocycles. The van der Waals surface area contributed by atoms with Crippen LogP contribution in [-0.4, -0.2) is 28.1 Å². The minimum atomic E-state index is 0.0124. The van der Waals surface area contributed by atoms with Crippen LogP contribution in [0.1, 0.15) is 12.7 Å². The van der Waals surface area contributed by atoms with Crippen LogP contribution in [0.5, 0.6) is 11.5 Å². The van der Waals surface area contributed by atoms with Crippen LogP contribution in [0.3, 0.4) is 0 Å². The Morgan fingerprint density at radius 1 is 1.44 bits per heavy atom. The van der Waals surface area contributed by atoms with E-state index in [2.05, 4.69) is 17.1 Å². The lowest BCUT2D eigenvalue weighted by Gasteiger charge is -2.04. The smallest absolute Gasteiger partial charge is 0.261 e. The molecule has 0 saturated carbocycles. The molecule has 0 fully saturated rings. The highest BCUT2D eigenvalue weighted by atomic mass is 32.2. The van der Waals surface area contributed by atoms with Crippen molar-refractivity contribution >= 4 is 11.8 Å². The quantitative estimate of drug-likeness (QED) is 0.897. The van der Waals surface area contributed by atoms with E-state index in [1.54, 1.807) is 30.0 Å². The second kappa shape index (κ2) is 5.77. The van der Waals surface area contributed by atoms with E-state index >= 15 is 0 Å². The molecule has 2 rings (SSSR count). The summed E-state index contributed by atoms with van der Waals surface area (Å²) in [6.45, 7) is 2.07. The molecule has 0 saturated heterocycles. The maximum atomic E-state index is 9.97. The third-order valence-corrected chi connectivity index (χ3v) is 3.22. The third kappa shape index (κ3) is 2.59. The van der Waals surface area contributed by atoms with E-state index < -0.39 is 0 Å². The van der Waals surface area contributed by atoms with Crippen LogP contribution in [-0.2, 0) is 5.75 Å². The second-order valence-electron chi connectivity index (χ2n) is 3.51. The molecule has 5 nitrogen and oxygen atoms in total. The molecule has 6 heteroatoms. The van der Waals surface area contributed by atoms with Crippen molar-refractivity contribution in [2.75, 3.05) is 12.9 Å². The summed E-state index contributed by atoms with van der Waals surface area (Å²) < 4.78 is 10.2. The number of aromatic nitrogens is 2. The number of rotatable bonds is 5. The molecule has 96 valence electrons. The Morgan fingerprint density at radius 3 is 3.00 bits per heavy atom. The Bertz CT molecular complexity index is 528. The van der Waals surface area contributed by atoms with Gasteiger partial charge in [-0.05, 0) is 17.9 Å². The number of benzene rings is 1. The fourth-order valence-corrected chi connectivity index (χ4v) is 1.98. The molecular formula is C12H14N2O3S. The van der Waals surface area contributed by atoms with E-state index in [4.69, 9.17) is 9.26 Å². The molecule has 0 atom stereocenters. The van der Waals surface area contributed by atoms with Crippen molar-refractivity contribution in [1.82, 2.24) is 10.1 Å². The number of nitrogens with zero attached hydrogens (tertiary/aromatic N) is 2. The molecule has 0 amide bonds. The molecule has 0 bridgehead atoms. The van der Waals surface area contributed by atoms with Crippen molar-refractivity contribution in [3.8, 4) is 23.0 Å². The Hall–Kier alpha value is -1.69. The summed E-state index contributed by atoms with van der Waals surface area (Å²) in [4.78, 5) is 4.24. The maximum Gasteiger partial charge on any atom is 0.261 e. The van der Waals surface area contributed by atoms with Gasteiger partial charge in [-0.25, -0.2) is 0 Å². The number of methoxy groups -OCH3 is 1. The lowest BCUT2D eigenvalue weighted by atomic mass is 10.2. The molecule has 2 aromatic rings. The van der Waals surface area contributed by atoms with E-state index in [9.17, 15) is 5.11 Å². The summed E-state index contributed by atoms with van der Waals surface area (Å²) in [6, 6.07) is 5.14. The van der Waals surface area contributed by atoms with Crippen molar-refractivity contribution in [3.05, 3.63) is 24.0 Å². The summed E-state index contributed by atoms with van der Waals surface area (Å²) in [5.74, 6) is 3.02. The minimum absolute atomic E-state index is 0.0124. The maximum absolute atomic E-state index is 9.97. The fourth-order valence-electron chi connectivity index (χ4n) is 1.47. The van der Waals surface area contributed by atoms with E-state index in [1.807, 2.05) is 0 Å². The number of para-hydroxylation sites is 1. The van der Waals surface area contributed by atoms with Gasteiger partial charge in [-0.2, -0.15) is 16.7 Å². The molecule has 0 radical (unpaired) electrons. The van der Waals surface area contributed by atoms with Crippen LogP contribution in [0, 0.1) is 0 Å². The summed E-state index contributed by atoms with van der Waals surface area (Å²) in [5, 5.41) is 13.8. The first-order valence-corrected chi connectivity index (χ1v) is 6.68. The number of phenolic OH excluding ortho intramolecular Hbond substituents is 1.